The molecule has 0 radical (unpaired) electrons. The summed E-state index contributed by atoms with van der Waals surface area (Å²) < 4.78 is 1.58. The number of fused-ring (bicyclic) bond motifs is 1. The second-order valence-corrected chi connectivity index (χ2v) is 8.53. The maximum Gasteiger partial charge on any atom is 0.266 e. The summed E-state index contributed by atoms with van der Waals surface area (Å²) in [6, 6.07) is 7.19. The van der Waals surface area contributed by atoms with E-state index in [1.807, 2.05) is 12.1 Å². The molecule has 0 amide bonds. The van der Waals surface area contributed by atoms with Crippen LogP contribution >= 0.6 is 0 Å². The van der Waals surface area contributed by atoms with Crippen LogP contribution in [0, 0.1) is 0 Å². The molecule has 166 valence electrons. The summed E-state index contributed by atoms with van der Waals surface area (Å²) >= 11 is 0. The summed E-state index contributed by atoms with van der Waals surface area (Å²) in [5.41, 5.74) is 4.30. The summed E-state index contributed by atoms with van der Waals surface area (Å²) in [6.45, 7) is 5.20. The third kappa shape index (κ3) is 4.55. The molecule has 1 fully saturated rings. The van der Waals surface area contributed by atoms with Crippen LogP contribution in [0.15, 0.2) is 47.8 Å². The number of pyridine rings is 1. The molecule has 0 unspecified atom stereocenters. The lowest BCUT2D eigenvalue weighted by Gasteiger charge is -2.36. The van der Waals surface area contributed by atoms with Crippen molar-refractivity contribution in [2.75, 3.05) is 37.6 Å². The Morgan fingerprint density at radius 2 is 1.66 bits per heavy atom. The Kier molecular flexibility index (Phi) is 6.20. The zero-order valence-electron chi connectivity index (χ0n) is 18.4. The van der Waals surface area contributed by atoms with Gasteiger partial charge in [-0.3, -0.25) is 14.7 Å². The number of hydrogen-bond donors (Lipinski definition) is 0. The molecule has 0 saturated carbocycles. The monoisotopic (exact) mass is 431 g/mol. The highest BCUT2D eigenvalue weighted by molar-refractivity contribution is 5.57. The van der Waals surface area contributed by atoms with E-state index in [0.29, 0.717) is 6.54 Å². The van der Waals surface area contributed by atoms with Crippen molar-refractivity contribution in [2.24, 2.45) is 0 Å². The van der Waals surface area contributed by atoms with E-state index >= 15 is 0 Å². The van der Waals surface area contributed by atoms with E-state index in [-0.39, 0.29) is 5.56 Å². The van der Waals surface area contributed by atoms with Crippen molar-refractivity contribution >= 4 is 5.82 Å². The minimum Gasteiger partial charge on any atom is -0.354 e. The molecule has 1 aliphatic carbocycles. The fourth-order valence-corrected chi connectivity index (χ4v) is 4.66. The molecule has 2 aliphatic rings. The maximum absolute atomic E-state index is 12.3. The van der Waals surface area contributed by atoms with Crippen molar-refractivity contribution in [3.05, 3.63) is 64.6 Å². The predicted molar refractivity (Wildman–Crippen MR) is 124 cm³/mol. The molecule has 3 aromatic heterocycles. The van der Waals surface area contributed by atoms with Gasteiger partial charge in [0, 0.05) is 68.0 Å². The van der Waals surface area contributed by atoms with Crippen LogP contribution in [-0.2, 0) is 19.4 Å². The number of piperazine rings is 1. The molecule has 0 bridgehead atoms. The molecule has 3 aromatic rings. The van der Waals surface area contributed by atoms with E-state index in [2.05, 4.69) is 29.9 Å². The van der Waals surface area contributed by atoms with Crippen LogP contribution in [0.3, 0.4) is 0 Å². The zero-order valence-corrected chi connectivity index (χ0v) is 18.4. The first-order chi connectivity index (χ1) is 15.8. The van der Waals surface area contributed by atoms with Crippen molar-refractivity contribution in [3.63, 3.8) is 0 Å². The van der Waals surface area contributed by atoms with E-state index < -0.39 is 0 Å². The number of anilines is 1. The normalized spacial score (nSPS) is 17.1. The molecule has 1 saturated heterocycles. The second-order valence-electron chi connectivity index (χ2n) is 8.53. The van der Waals surface area contributed by atoms with Crippen molar-refractivity contribution in [1.82, 2.24) is 29.6 Å². The first kappa shape index (κ1) is 20.8. The highest BCUT2D eigenvalue weighted by Crippen LogP contribution is 2.27. The molecular weight excluding hydrogens is 402 g/mol. The Hall–Kier alpha value is -3.13. The maximum atomic E-state index is 12.3. The van der Waals surface area contributed by atoms with E-state index in [1.165, 1.54) is 30.5 Å². The van der Waals surface area contributed by atoms with Crippen molar-refractivity contribution in [1.29, 1.82) is 0 Å². The molecule has 4 heterocycles. The molecule has 0 N–H and O–H groups in total. The third-order valence-electron chi connectivity index (χ3n) is 6.49. The van der Waals surface area contributed by atoms with Crippen LogP contribution in [0.2, 0.25) is 0 Å². The Bertz CT molecular complexity index is 1110. The van der Waals surface area contributed by atoms with Gasteiger partial charge < -0.3 is 4.90 Å². The summed E-state index contributed by atoms with van der Waals surface area (Å²) in [6.07, 6.45) is 11.1. The Balaban J connectivity index is 1.21. The molecule has 8 nitrogen and oxygen atoms in total. The van der Waals surface area contributed by atoms with Crippen molar-refractivity contribution < 1.29 is 0 Å². The fourth-order valence-electron chi connectivity index (χ4n) is 4.66. The van der Waals surface area contributed by atoms with Crippen LogP contribution in [0.5, 0.6) is 0 Å². The smallest absolute Gasteiger partial charge is 0.266 e. The molecule has 0 aromatic carbocycles. The van der Waals surface area contributed by atoms with Gasteiger partial charge in [-0.05, 0) is 43.9 Å². The van der Waals surface area contributed by atoms with Gasteiger partial charge in [0.05, 0.1) is 12.2 Å². The van der Waals surface area contributed by atoms with Gasteiger partial charge in [-0.15, -0.1) is 0 Å². The average molecular weight is 432 g/mol. The van der Waals surface area contributed by atoms with Crippen LogP contribution in [0.1, 0.15) is 30.5 Å². The SMILES string of the molecule is O=c1ccc(-c2ccncc2)nn1CCN1CCN(c2ncnc3c2CCCCC3)CC1. The van der Waals surface area contributed by atoms with Crippen LogP contribution in [-0.4, -0.2) is 62.4 Å². The standard InChI is InChI=1S/C24H29N7O/c32-23-7-6-21(19-8-10-25-11-9-19)28-31(23)17-14-29-12-15-30(16-13-29)24-20-4-2-1-3-5-22(20)26-18-27-24/h6-11,18H,1-5,12-17H2. The first-order valence-electron chi connectivity index (χ1n) is 11.6. The van der Waals surface area contributed by atoms with E-state index in [0.717, 1.165) is 62.6 Å². The van der Waals surface area contributed by atoms with E-state index in [1.54, 1.807) is 35.5 Å². The Labute approximate surface area is 188 Å². The van der Waals surface area contributed by atoms with E-state index in [9.17, 15) is 4.79 Å². The number of hydrogen-bond acceptors (Lipinski definition) is 7. The summed E-state index contributed by atoms with van der Waals surface area (Å²) in [7, 11) is 0. The third-order valence-corrected chi connectivity index (χ3v) is 6.49. The highest BCUT2D eigenvalue weighted by atomic mass is 16.1. The molecule has 5 rings (SSSR count). The van der Waals surface area contributed by atoms with Gasteiger partial charge in [-0.25, -0.2) is 14.6 Å². The van der Waals surface area contributed by atoms with Crippen LogP contribution in [0.25, 0.3) is 11.3 Å². The lowest BCUT2D eigenvalue weighted by atomic mass is 10.1. The molecule has 0 spiro atoms. The second kappa shape index (κ2) is 9.56. The first-order valence-corrected chi connectivity index (χ1v) is 11.6. The van der Waals surface area contributed by atoms with Gasteiger partial charge in [0.15, 0.2) is 0 Å². The lowest BCUT2D eigenvalue weighted by Crippen LogP contribution is -2.48. The van der Waals surface area contributed by atoms with Gasteiger partial charge in [0.25, 0.3) is 5.56 Å². The Morgan fingerprint density at radius 1 is 0.844 bits per heavy atom. The zero-order chi connectivity index (χ0) is 21.8. The van der Waals surface area contributed by atoms with Crippen molar-refractivity contribution in [2.45, 2.75) is 38.6 Å². The highest BCUT2D eigenvalue weighted by Gasteiger charge is 2.23. The minimum atomic E-state index is -0.0647. The van der Waals surface area contributed by atoms with Gasteiger partial charge in [0.1, 0.15) is 12.1 Å². The minimum absolute atomic E-state index is 0.0647. The number of aryl methyl sites for hydroxylation is 1. The van der Waals surface area contributed by atoms with Crippen LogP contribution in [0.4, 0.5) is 5.82 Å². The summed E-state index contributed by atoms with van der Waals surface area (Å²) in [4.78, 5) is 30.4. The molecule has 8 heteroatoms. The van der Waals surface area contributed by atoms with Gasteiger partial charge >= 0.3 is 0 Å². The molecule has 32 heavy (non-hydrogen) atoms. The van der Waals surface area contributed by atoms with Crippen molar-refractivity contribution in [3.8, 4) is 11.3 Å². The largest absolute Gasteiger partial charge is 0.354 e. The number of aromatic nitrogens is 5. The fraction of sp³-hybridized carbons (Fsp3) is 0.458. The van der Waals surface area contributed by atoms with Crippen LogP contribution < -0.4 is 10.5 Å². The molecule has 0 atom stereocenters. The summed E-state index contributed by atoms with van der Waals surface area (Å²) in [5.74, 6) is 1.14. The Morgan fingerprint density at radius 3 is 2.50 bits per heavy atom. The molecule has 1 aliphatic heterocycles. The van der Waals surface area contributed by atoms with Gasteiger partial charge in [0.2, 0.25) is 0 Å². The van der Waals surface area contributed by atoms with Gasteiger partial charge in [-0.1, -0.05) is 6.42 Å². The topological polar surface area (TPSA) is 80.0 Å². The summed E-state index contributed by atoms with van der Waals surface area (Å²) in [5, 5.41) is 4.57. The average Bonchev–Trinajstić information content (AvgIpc) is 3.10. The van der Waals surface area contributed by atoms with E-state index in [4.69, 9.17) is 0 Å². The number of nitrogens with zero attached hydrogens (tertiary/aromatic N) is 7. The molecular formula is C24H29N7O. The number of rotatable bonds is 5. The lowest BCUT2D eigenvalue weighted by molar-refractivity contribution is 0.242. The van der Waals surface area contributed by atoms with Gasteiger partial charge in [-0.2, -0.15) is 5.10 Å². The quantitative estimate of drug-likeness (QED) is 0.573. The predicted octanol–water partition coefficient (Wildman–Crippen LogP) is 2.19.